The second-order valence-electron chi connectivity index (χ2n) is 10.5. The van der Waals surface area contributed by atoms with Gasteiger partial charge in [0.1, 0.15) is 0 Å². The number of aryl methyl sites for hydroxylation is 2. The van der Waals surface area contributed by atoms with E-state index in [-0.39, 0.29) is 23.3 Å². The zero-order chi connectivity index (χ0) is 31.3. The Hall–Kier alpha value is -5.01. The Labute approximate surface area is 254 Å². The second-order valence-corrected chi connectivity index (χ2v) is 12.2. The molecule has 5 rings (SSSR count). The molecule has 13 heteroatoms. The number of imidazole rings is 1. The van der Waals surface area contributed by atoms with Gasteiger partial charge < -0.3 is 20.7 Å². The summed E-state index contributed by atoms with van der Waals surface area (Å²) in [5.41, 5.74) is 0.992. The fraction of sp³-hybridized carbons (Fsp3) is 0.226. The van der Waals surface area contributed by atoms with Gasteiger partial charge in [0.15, 0.2) is 5.95 Å². The van der Waals surface area contributed by atoms with Crippen LogP contribution in [0.5, 0.6) is 0 Å². The number of hydrogen-bond donors (Lipinski definition) is 6. The molecule has 6 N–H and O–H groups in total. The molecular formula is C31H33N7O5S. The van der Waals surface area contributed by atoms with Crippen LogP contribution >= 0.6 is 0 Å². The number of aromatic nitrogens is 4. The summed E-state index contributed by atoms with van der Waals surface area (Å²) in [7, 11) is -4.46. The lowest BCUT2D eigenvalue weighted by Gasteiger charge is -2.32. The van der Waals surface area contributed by atoms with Gasteiger partial charge in [-0.25, -0.2) is 18.2 Å². The highest BCUT2D eigenvalue weighted by Gasteiger charge is 2.44. The van der Waals surface area contributed by atoms with Crippen LogP contribution in [0.15, 0.2) is 84.1 Å². The lowest BCUT2D eigenvalue weighted by atomic mass is 10.0. The molecular weight excluding hydrogens is 582 g/mol. The first-order valence-corrected chi connectivity index (χ1v) is 15.5. The molecule has 5 aromatic rings. The van der Waals surface area contributed by atoms with Crippen LogP contribution in [0.3, 0.4) is 0 Å². The van der Waals surface area contributed by atoms with Gasteiger partial charge in [0.2, 0.25) is 15.7 Å². The number of unbranched alkanes of at least 4 members (excludes halogenated alkanes) is 1. The minimum Gasteiger partial charge on any atom is -0.478 e. The van der Waals surface area contributed by atoms with Crippen LogP contribution in [0.1, 0.15) is 40.7 Å². The summed E-state index contributed by atoms with van der Waals surface area (Å²) in [6.07, 6.45) is 5.21. The molecule has 0 saturated heterocycles. The summed E-state index contributed by atoms with van der Waals surface area (Å²) >= 11 is 0. The minimum absolute atomic E-state index is 0.0477. The van der Waals surface area contributed by atoms with Gasteiger partial charge in [-0.05, 0) is 67.5 Å². The van der Waals surface area contributed by atoms with E-state index in [1.165, 1.54) is 12.3 Å². The van der Waals surface area contributed by atoms with E-state index < -0.39 is 27.6 Å². The number of benzene rings is 3. The average Bonchev–Trinajstić information content (AvgIpc) is 3.69. The third-order valence-electron chi connectivity index (χ3n) is 7.34. The number of amides is 1. The van der Waals surface area contributed by atoms with Gasteiger partial charge in [-0.3, -0.25) is 9.89 Å². The van der Waals surface area contributed by atoms with Crippen molar-refractivity contribution in [1.82, 2.24) is 30.2 Å². The molecule has 0 aliphatic heterocycles. The van der Waals surface area contributed by atoms with Crippen LogP contribution in [0.4, 0.5) is 5.95 Å². The van der Waals surface area contributed by atoms with Gasteiger partial charge in [0.05, 0.1) is 22.2 Å². The molecule has 1 amide bonds. The topological polar surface area (TPSA) is 182 Å². The maximum Gasteiger partial charge on any atom is 0.345 e. The number of fused-ring (bicyclic) bond motifs is 1. The minimum atomic E-state index is -4.46. The van der Waals surface area contributed by atoms with E-state index in [2.05, 4.69) is 35.5 Å². The number of carbonyl (C=O) groups is 2. The molecule has 0 saturated carbocycles. The summed E-state index contributed by atoms with van der Waals surface area (Å²) in [5.74, 6) is -1.74. The summed E-state index contributed by atoms with van der Waals surface area (Å²) in [6, 6.07) is 17.9. The monoisotopic (exact) mass is 615 g/mol. The summed E-state index contributed by atoms with van der Waals surface area (Å²) in [6.45, 7) is 3.77. The van der Waals surface area contributed by atoms with Gasteiger partial charge in [0, 0.05) is 24.3 Å². The van der Waals surface area contributed by atoms with Crippen molar-refractivity contribution in [2.24, 2.45) is 0 Å². The van der Waals surface area contributed by atoms with Gasteiger partial charge >= 0.3 is 5.97 Å². The number of carboxylic acid groups (broad SMARTS) is 1. The highest BCUT2D eigenvalue weighted by atomic mass is 32.2. The number of sulfonamides is 1. The number of carboxylic acids is 1. The number of carbonyl (C=O) groups excluding carboxylic acids is 1. The van der Waals surface area contributed by atoms with Crippen molar-refractivity contribution in [3.05, 3.63) is 95.9 Å². The lowest BCUT2D eigenvalue weighted by molar-refractivity contribution is -0.145. The lowest BCUT2D eigenvalue weighted by Crippen LogP contribution is -2.65. The zero-order valence-electron chi connectivity index (χ0n) is 24.2. The highest BCUT2D eigenvalue weighted by Crippen LogP contribution is 2.29. The van der Waals surface area contributed by atoms with E-state index in [9.17, 15) is 23.1 Å². The third kappa shape index (κ3) is 6.48. The molecule has 0 aliphatic carbocycles. The number of aliphatic carboxylic acids is 1. The van der Waals surface area contributed by atoms with E-state index in [1.807, 2.05) is 30.3 Å². The highest BCUT2D eigenvalue weighted by molar-refractivity contribution is 7.89. The smallest absolute Gasteiger partial charge is 0.345 e. The molecule has 0 fully saturated rings. The summed E-state index contributed by atoms with van der Waals surface area (Å²) < 4.78 is 30.4. The first-order chi connectivity index (χ1) is 21.1. The number of nitrogens with zero attached hydrogens (tertiary/aromatic N) is 2. The molecule has 0 aliphatic rings. The predicted octanol–water partition coefficient (Wildman–Crippen LogP) is 4.34. The maximum absolute atomic E-state index is 14.0. The molecule has 44 heavy (non-hydrogen) atoms. The van der Waals surface area contributed by atoms with Gasteiger partial charge in [0.25, 0.3) is 5.91 Å². The van der Waals surface area contributed by atoms with E-state index in [1.54, 1.807) is 50.5 Å². The van der Waals surface area contributed by atoms with Crippen molar-refractivity contribution in [3.8, 4) is 11.1 Å². The Morgan fingerprint density at radius 2 is 1.73 bits per heavy atom. The second kappa shape index (κ2) is 12.7. The van der Waals surface area contributed by atoms with E-state index >= 15 is 0 Å². The molecule has 2 heterocycles. The molecule has 0 radical (unpaired) electrons. The van der Waals surface area contributed by atoms with Crippen molar-refractivity contribution in [3.63, 3.8) is 0 Å². The first-order valence-electron chi connectivity index (χ1n) is 14.0. The summed E-state index contributed by atoms with van der Waals surface area (Å²) in [4.78, 5) is 33.5. The van der Waals surface area contributed by atoms with Crippen molar-refractivity contribution in [2.75, 3.05) is 11.9 Å². The molecule has 1 unspecified atom stereocenters. The Balaban J connectivity index is 1.46. The molecule has 0 bridgehead atoms. The van der Waals surface area contributed by atoms with Crippen molar-refractivity contribution in [1.29, 1.82) is 0 Å². The number of nitrogens with one attached hydrogen (secondary N) is 5. The Morgan fingerprint density at radius 1 is 0.977 bits per heavy atom. The number of hydrogen-bond acceptors (Lipinski definition) is 7. The molecule has 2 aromatic heterocycles. The van der Waals surface area contributed by atoms with Crippen molar-refractivity contribution in [2.45, 2.75) is 43.7 Å². The molecule has 12 nitrogen and oxygen atoms in total. The molecule has 1 atom stereocenters. The quantitative estimate of drug-likeness (QED) is 0.0835. The van der Waals surface area contributed by atoms with Gasteiger partial charge in [-0.1, -0.05) is 48.5 Å². The Kier molecular flexibility index (Phi) is 8.78. The van der Waals surface area contributed by atoms with E-state index in [0.29, 0.717) is 40.9 Å². The molecule has 0 spiro atoms. The van der Waals surface area contributed by atoms with Crippen LogP contribution in [0.25, 0.3) is 22.0 Å². The van der Waals surface area contributed by atoms with Gasteiger partial charge in [-0.2, -0.15) is 9.82 Å². The number of aromatic amines is 2. The van der Waals surface area contributed by atoms with Crippen LogP contribution in [0, 0.1) is 13.8 Å². The van der Waals surface area contributed by atoms with Gasteiger partial charge in [-0.15, -0.1) is 0 Å². The third-order valence-corrected chi connectivity index (χ3v) is 9.13. The van der Waals surface area contributed by atoms with Crippen LogP contribution in [-0.4, -0.2) is 57.8 Å². The molecule has 3 aromatic carbocycles. The van der Waals surface area contributed by atoms with E-state index in [4.69, 9.17) is 0 Å². The number of rotatable bonds is 13. The standard InChI is InChI=1S/C31H33N7O5S/c1-20-17-23(22-9-4-3-5-10-22)18-21(2)27(20)44(42,43)38-31(29(40)41,13-6-7-14-32-30-33-15-16-34-30)36-28(39)24-11-8-12-26-25(24)19-35-37-26/h3-5,8-12,15-19,38H,6-7,13-14H2,1-2H3,(H,35,37)(H,36,39)(H,40,41)(H2,32,33,34). The fourth-order valence-electron chi connectivity index (χ4n) is 5.31. The number of H-pyrrole nitrogens is 2. The SMILES string of the molecule is Cc1cc(-c2ccccc2)cc(C)c1S(=O)(=O)NC(CCCCNc1ncc[nH]1)(NC(=O)c1cccc2[nH]ncc12)C(=O)O. The van der Waals surface area contributed by atoms with Crippen molar-refractivity contribution >= 4 is 38.8 Å². The number of anilines is 1. The van der Waals surface area contributed by atoms with E-state index in [0.717, 1.165) is 11.1 Å². The largest absolute Gasteiger partial charge is 0.478 e. The Morgan fingerprint density at radius 3 is 2.41 bits per heavy atom. The average molecular weight is 616 g/mol. The fourth-order valence-corrected chi connectivity index (χ4v) is 7.07. The van der Waals surface area contributed by atoms with Crippen LogP contribution in [0.2, 0.25) is 0 Å². The predicted molar refractivity (Wildman–Crippen MR) is 167 cm³/mol. The van der Waals surface area contributed by atoms with Crippen molar-refractivity contribution < 1.29 is 23.1 Å². The first kappa shape index (κ1) is 30.4. The normalized spacial score (nSPS) is 13.0. The molecule has 228 valence electrons. The summed E-state index contributed by atoms with van der Waals surface area (Å²) in [5, 5.41) is 23.4. The maximum atomic E-state index is 14.0. The Bertz CT molecular complexity index is 1870. The van der Waals surface area contributed by atoms with Crippen LogP contribution < -0.4 is 15.4 Å². The zero-order valence-corrected chi connectivity index (χ0v) is 25.0. The van der Waals surface area contributed by atoms with Crippen LogP contribution in [-0.2, 0) is 14.8 Å².